The number of carbonyl (C=O) groups excluding carboxylic acids is 3. The van der Waals surface area contributed by atoms with Crippen molar-refractivity contribution in [1.82, 2.24) is 4.90 Å². The van der Waals surface area contributed by atoms with Gasteiger partial charge in [0.15, 0.2) is 8.32 Å². The molecule has 1 fully saturated rings. The van der Waals surface area contributed by atoms with Gasteiger partial charge in [0.25, 0.3) is 0 Å². The van der Waals surface area contributed by atoms with E-state index in [9.17, 15) is 14.4 Å². The van der Waals surface area contributed by atoms with Crippen LogP contribution in [0.15, 0.2) is 0 Å². The molecule has 0 aromatic heterocycles. The molecule has 1 unspecified atom stereocenters. The molecule has 0 N–H and O–H groups in total. The topological polar surface area (TPSA) is 91.4 Å². The zero-order chi connectivity index (χ0) is 22.1. The molecule has 3 atom stereocenters. The van der Waals surface area contributed by atoms with Crippen LogP contribution in [-0.2, 0) is 28.2 Å². The average molecular weight is 418 g/mol. The number of carbonyl (C=O) groups is 3. The van der Waals surface area contributed by atoms with Gasteiger partial charge in [0.1, 0.15) is 17.7 Å². The Balaban J connectivity index is 3.31. The van der Waals surface area contributed by atoms with Crippen LogP contribution in [0.5, 0.6) is 0 Å². The first-order valence-electron chi connectivity index (χ1n) is 9.44. The monoisotopic (exact) mass is 417 g/mol. The summed E-state index contributed by atoms with van der Waals surface area (Å²) in [5.74, 6) is -1.18. The van der Waals surface area contributed by atoms with Crippen LogP contribution in [0.2, 0.25) is 18.1 Å². The number of rotatable bonds is 4. The van der Waals surface area contributed by atoms with Crippen molar-refractivity contribution < 1.29 is 33.0 Å². The summed E-state index contributed by atoms with van der Waals surface area (Å²) in [5.41, 5.74) is -0.781. The third-order valence-electron chi connectivity index (χ3n) is 5.00. The highest BCUT2D eigenvalue weighted by atomic mass is 28.4. The second kappa shape index (κ2) is 8.40. The van der Waals surface area contributed by atoms with Gasteiger partial charge in [-0.1, -0.05) is 20.8 Å². The summed E-state index contributed by atoms with van der Waals surface area (Å²) in [5, 5.41) is -0.103. The quantitative estimate of drug-likeness (QED) is 0.393. The Morgan fingerprint density at radius 1 is 1.04 bits per heavy atom. The maximum atomic E-state index is 12.9. The fourth-order valence-corrected chi connectivity index (χ4v) is 3.99. The number of methoxy groups -OCH3 is 1. The molecule has 0 saturated carbocycles. The predicted octanol–water partition coefficient (Wildman–Crippen LogP) is 3.45. The Morgan fingerprint density at radius 3 is 1.96 bits per heavy atom. The third kappa shape index (κ3) is 5.94. The lowest BCUT2D eigenvalue weighted by molar-refractivity contribution is -0.164. The van der Waals surface area contributed by atoms with Crippen molar-refractivity contribution in [2.45, 2.75) is 97.0 Å². The number of hydrogen-bond acceptors (Lipinski definition) is 7. The molecule has 1 heterocycles. The molecule has 1 aliphatic rings. The molecule has 1 rings (SSSR count). The van der Waals surface area contributed by atoms with Gasteiger partial charge in [0.05, 0.1) is 7.11 Å². The lowest BCUT2D eigenvalue weighted by atomic mass is 10.2. The molecule has 9 heteroatoms. The van der Waals surface area contributed by atoms with Crippen LogP contribution in [0.4, 0.5) is 4.79 Å². The highest BCUT2D eigenvalue weighted by Gasteiger charge is 2.54. The second-order valence-corrected chi connectivity index (χ2v) is 14.3. The fourth-order valence-electron chi connectivity index (χ4n) is 2.66. The second-order valence-electron chi connectivity index (χ2n) is 9.58. The summed E-state index contributed by atoms with van der Waals surface area (Å²) in [7, 11) is -1.02. The largest absolute Gasteiger partial charge is 0.467 e. The number of nitrogens with zero attached hydrogens (tertiary/aromatic N) is 1. The van der Waals surface area contributed by atoms with Gasteiger partial charge < -0.3 is 18.6 Å². The van der Waals surface area contributed by atoms with Crippen LogP contribution < -0.4 is 0 Å². The average Bonchev–Trinajstić information content (AvgIpc) is 2.80. The smallest absolute Gasteiger partial charge is 0.414 e. The van der Waals surface area contributed by atoms with Gasteiger partial charge in [-0.25, -0.2) is 9.59 Å². The zero-order valence-electron chi connectivity index (χ0n) is 18.7. The minimum Gasteiger partial charge on any atom is -0.467 e. The highest BCUT2D eigenvalue weighted by Crippen LogP contribution is 2.41. The number of esters is 2. The fraction of sp³-hybridized carbons (Fsp3) is 0.842. The third-order valence-corrected chi connectivity index (χ3v) is 9.50. The molecule has 1 amide bonds. The Bertz CT molecular complexity index is 606. The molecule has 0 aliphatic carbocycles. The Morgan fingerprint density at radius 2 is 1.57 bits per heavy atom. The van der Waals surface area contributed by atoms with E-state index in [0.29, 0.717) is 0 Å². The predicted molar refractivity (Wildman–Crippen MR) is 106 cm³/mol. The van der Waals surface area contributed by atoms with Crippen LogP contribution in [0.3, 0.4) is 0 Å². The van der Waals surface area contributed by atoms with Gasteiger partial charge in [-0.2, -0.15) is 0 Å². The zero-order valence-corrected chi connectivity index (χ0v) is 19.7. The molecular formula is C19H35NO7Si. The molecule has 0 bridgehead atoms. The molecule has 8 nitrogen and oxygen atoms in total. The van der Waals surface area contributed by atoms with Crippen molar-refractivity contribution in [1.29, 1.82) is 0 Å². The van der Waals surface area contributed by atoms with E-state index in [4.69, 9.17) is 18.6 Å². The summed E-state index contributed by atoms with van der Waals surface area (Å²) in [6, 6.07) is -0.959. The van der Waals surface area contributed by atoms with Crippen LogP contribution in [0, 0.1) is 0 Å². The van der Waals surface area contributed by atoms with E-state index in [0.717, 1.165) is 4.90 Å². The first-order valence-corrected chi connectivity index (χ1v) is 12.3. The molecule has 28 heavy (non-hydrogen) atoms. The van der Waals surface area contributed by atoms with Crippen molar-refractivity contribution >= 4 is 26.3 Å². The van der Waals surface area contributed by atoms with E-state index in [2.05, 4.69) is 33.9 Å². The molecule has 1 saturated heterocycles. The van der Waals surface area contributed by atoms with Gasteiger partial charge in [-0.05, 0) is 38.9 Å². The van der Waals surface area contributed by atoms with E-state index in [-0.39, 0.29) is 11.5 Å². The van der Waals surface area contributed by atoms with E-state index >= 15 is 0 Å². The summed E-state index contributed by atoms with van der Waals surface area (Å²) < 4.78 is 22.2. The maximum Gasteiger partial charge on any atom is 0.414 e. The molecule has 162 valence electrons. The van der Waals surface area contributed by atoms with Gasteiger partial charge in [-0.15, -0.1) is 0 Å². The Labute approximate surface area is 169 Å². The van der Waals surface area contributed by atoms with Crippen molar-refractivity contribution in [2.75, 3.05) is 7.11 Å². The maximum absolute atomic E-state index is 12.9. The lowest BCUT2D eigenvalue weighted by Gasteiger charge is -2.40. The molecule has 0 aromatic rings. The van der Waals surface area contributed by atoms with E-state index in [1.54, 1.807) is 20.8 Å². The number of amides is 1. The van der Waals surface area contributed by atoms with Crippen molar-refractivity contribution in [2.24, 2.45) is 0 Å². The number of ether oxygens (including phenoxy) is 3. The molecule has 1 aliphatic heterocycles. The lowest BCUT2D eigenvalue weighted by Crippen LogP contribution is -2.52. The summed E-state index contributed by atoms with van der Waals surface area (Å²) in [6.45, 7) is 16.8. The Hall–Kier alpha value is -1.61. The number of hydrogen-bond donors (Lipinski definition) is 0. The molecule has 0 aromatic carbocycles. The summed E-state index contributed by atoms with van der Waals surface area (Å²) in [4.78, 5) is 38.1. The van der Waals surface area contributed by atoms with E-state index in [1.165, 1.54) is 14.0 Å². The van der Waals surface area contributed by atoms with Gasteiger partial charge in [0.2, 0.25) is 6.23 Å². The van der Waals surface area contributed by atoms with Gasteiger partial charge in [0, 0.05) is 13.3 Å². The van der Waals surface area contributed by atoms with Crippen LogP contribution >= 0.6 is 0 Å². The first kappa shape index (κ1) is 24.4. The van der Waals surface area contributed by atoms with Crippen molar-refractivity contribution in [3.63, 3.8) is 0 Å². The standard InChI is InChI=1S/C19H35NO7Si/c1-12(21)25-15-14(27-28(9,10)19(5,6)7)11-13(16(22)24-8)20(15)17(23)26-18(2,3)4/h13-15H,11H2,1-10H3/t13-,14+,15?/m1/s1. The van der Waals surface area contributed by atoms with Crippen LogP contribution in [0.25, 0.3) is 0 Å². The molecule has 0 radical (unpaired) electrons. The van der Waals surface area contributed by atoms with Crippen molar-refractivity contribution in [3.8, 4) is 0 Å². The van der Waals surface area contributed by atoms with Crippen LogP contribution in [0.1, 0.15) is 54.9 Å². The first-order chi connectivity index (χ1) is 12.5. The molecule has 0 spiro atoms. The number of likely N-dealkylation sites (tertiary alicyclic amines) is 1. The van der Waals surface area contributed by atoms with Gasteiger partial charge >= 0.3 is 18.0 Å². The Kier molecular flexibility index (Phi) is 7.33. The van der Waals surface area contributed by atoms with Gasteiger partial charge in [-0.3, -0.25) is 9.69 Å². The normalized spacial score (nSPS) is 23.4. The highest BCUT2D eigenvalue weighted by molar-refractivity contribution is 6.74. The van der Waals surface area contributed by atoms with E-state index in [1.807, 2.05) is 0 Å². The minimum atomic E-state index is -2.27. The minimum absolute atomic E-state index is 0.103. The van der Waals surface area contributed by atoms with E-state index < -0.39 is 50.3 Å². The summed E-state index contributed by atoms with van der Waals surface area (Å²) in [6.07, 6.45) is -2.31. The van der Waals surface area contributed by atoms with Crippen molar-refractivity contribution in [3.05, 3.63) is 0 Å². The summed E-state index contributed by atoms with van der Waals surface area (Å²) >= 11 is 0. The SMILES string of the molecule is COC(=O)[C@H]1C[C@H](O[Si](C)(C)C(C)(C)C)C(OC(C)=O)N1C(=O)OC(C)(C)C. The molecular weight excluding hydrogens is 382 g/mol. The van der Waals surface area contributed by atoms with Crippen LogP contribution in [-0.4, -0.2) is 62.3 Å².